The highest BCUT2D eigenvalue weighted by Crippen LogP contribution is 2.35. The van der Waals surface area contributed by atoms with Gasteiger partial charge < -0.3 is 15.5 Å². The molecule has 0 saturated carbocycles. The molecule has 258 valence electrons. The fourth-order valence-electron chi connectivity index (χ4n) is 7.05. The number of nitrogens with zero attached hydrogens (tertiary/aromatic N) is 6. The quantitative estimate of drug-likeness (QED) is 0.253. The van der Waals surface area contributed by atoms with E-state index in [0.29, 0.717) is 48.3 Å². The molecular weight excluding hydrogens is 650 g/mol. The smallest absolute Gasteiger partial charge is 0.327 e. The molecule has 50 heavy (non-hydrogen) atoms. The van der Waals surface area contributed by atoms with Gasteiger partial charge in [0.25, 0.3) is 11.8 Å². The average Bonchev–Trinajstić information content (AvgIpc) is 3.73. The van der Waals surface area contributed by atoms with Crippen LogP contribution in [-0.2, 0) is 32.1 Å². The second-order valence-electron chi connectivity index (χ2n) is 13.0. The summed E-state index contributed by atoms with van der Waals surface area (Å²) in [4.78, 5) is 74.4. The van der Waals surface area contributed by atoms with Crippen LogP contribution in [0.3, 0.4) is 0 Å². The van der Waals surface area contributed by atoms with Gasteiger partial charge in [0, 0.05) is 55.7 Å². The number of nitrogens with two attached hydrogens (primary N) is 1. The zero-order valence-electron chi connectivity index (χ0n) is 26.9. The van der Waals surface area contributed by atoms with Gasteiger partial charge in [0.2, 0.25) is 17.7 Å². The Morgan fingerprint density at radius 2 is 1.78 bits per heavy atom. The molecule has 7 rings (SSSR count). The number of imide groups is 1. The lowest BCUT2D eigenvalue weighted by atomic mass is 9.88. The molecule has 2 atom stereocenters. The summed E-state index contributed by atoms with van der Waals surface area (Å²) < 4.78 is 32.3. The molecule has 4 aromatic rings. The predicted molar refractivity (Wildman–Crippen MR) is 174 cm³/mol. The number of aromatic nitrogens is 4. The summed E-state index contributed by atoms with van der Waals surface area (Å²) in [7, 11) is 0. The second-order valence-corrected chi connectivity index (χ2v) is 13.0. The van der Waals surface area contributed by atoms with Gasteiger partial charge in [-0.25, -0.2) is 4.98 Å². The van der Waals surface area contributed by atoms with E-state index in [1.54, 1.807) is 18.5 Å². The van der Waals surface area contributed by atoms with Crippen molar-refractivity contribution in [3.63, 3.8) is 0 Å². The number of hydrogen-bond acceptors (Lipinski definition) is 8. The van der Waals surface area contributed by atoms with E-state index in [1.165, 1.54) is 21.9 Å². The predicted octanol–water partition coefficient (Wildman–Crippen LogP) is 2.79. The van der Waals surface area contributed by atoms with Crippen molar-refractivity contribution in [2.24, 2.45) is 11.7 Å². The van der Waals surface area contributed by atoms with Crippen LogP contribution < -0.4 is 11.1 Å². The third-order valence-corrected chi connectivity index (χ3v) is 9.87. The molecule has 13 nitrogen and oxygen atoms in total. The third-order valence-electron chi connectivity index (χ3n) is 9.87. The van der Waals surface area contributed by atoms with Crippen LogP contribution in [0.4, 0.5) is 8.78 Å². The summed E-state index contributed by atoms with van der Waals surface area (Å²) in [5.74, 6) is -9.38. The van der Waals surface area contributed by atoms with Crippen molar-refractivity contribution in [2.45, 2.75) is 63.1 Å². The maximum atomic E-state index is 15.3. The second kappa shape index (κ2) is 13.0. The summed E-state index contributed by atoms with van der Waals surface area (Å²) in [6, 6.07) is 11.3. The lowest BCUT2D eigenvalue weighted by Gasteiger charge is -2.34. The highest BCUT2D eigenvalue weighted by atomic mass is 19.3. The molecule has 3 aliphatic heterocycles. The summed E-state index contributed by atoms with van der Waals surface area (Å²) in [5.41, 5.74) is 9.42. The van der Waals surface area contributed by atoms with E-state index >= 15 is 8.78 Å². The zero-order chi connectivity index (χ0) is 35.2. The van der Waals surface area contributed by atoms with Crippen LogP contribution in [0, 0.1) is 5.92 Å². The van der Waals surface area contributed by atoms with Gasteiger partial charge >= 0.3 is 5.92 Å². The van der Waals surface area contributed by atoms with E-state index in [9.17, 15) is 24.0 Å². The number of nitrogens with one attached hydrogen (secondary N) is 1. The number of amides is 5. The van der Waals surface area contributed by atoms with E-state index in [0.717, 1.165) is 16.6 Å². The summed E-state index contributed by atoms with van der Waals surface area (Å²) in [6.45, 7) is 0.702. The number of alkyl halides is 2. The molecule has 0 radical (unpaired) electrons. The first-order chi connectivity index (χ1) is 24.0. The number of hydrogen-bond donors (Lipinski definition) is 2. The van der Waals surface area contributed by atoms with Gasteiger partial charge in [0.1, 0.15) is 6.04 Å². The van der Waals surface area contributed by atoms with Crippen molar-refractivity contribution in [1.82, 2.24) is 34.9 Å². The number of likely N-dealkylation sites (tertiary alicyclic amines) is 1. The minimum Gasteiger partial charge on any atom is -0.364 e. The van der Waals surface area contributed by atoms with Crippen molar-refractivity contribution >= 4 is 40.6 Å². The summed E-state index contributed by atoms with van der Waals surface area (Å²) in [5, 5.41) is 6.76. The minimum atomic E-state index is -3.97. The molecule has 0 bridgehead atoms. The fourth-order valence-corrected chi connectivity index (χ4v) is 7.05. The first kappa shape index (κ1) is 32.9. The minimum absolute atomic E-state index is 0.0158. The Balaban J connectivity index is 0.996. The normalized spacial score (nSPS) is 19.1. The average molecular weight is 685 g/mol. The fraction of sp³-hybridized carbons (Fsp3) is 0.371. The van der Waals surface area contributed by atoms with Gasteiger partial charge in [0.05, 0.1) is 35.2 Å². The van der Waals surface area contributed by atoms with Crippen LogP contribution in [0.5, 0.6) is 0 Å². The molecule has 0 spiro atoms. The molecule has 3 N–H and O–H groups in total. The van der Waals surface area contributed by atoms with Crippen LogP contribution in [0.15, 0.2) is 61.1 Å². The molecule has 2 unspecified atom stereocenters. The van der Waals surface area contributed by atoms with Crippen molar-refractivity contribution < 1.29 is 32.8 Å². The van der Waals surface area contributed by atoms with Gasteiger partial charge in [-0.15, -0.1) is 0 Å². The Hall–Kier alpha value is -5.60. The van der Waals surface area contributed by atoms with Crippen LogP contribution in [-0.4, -0.2) is 84.1 Å². The highest BCUT2D eigenvalue weighted by Gasteiger charge is 2.47. The van der Waals surface area contributed by atoms with Crippen molar-refractivity contribution in [3.8, 4) is 11.3 Å². The molecule has 15 heteroatoms. The van der Waals surface area contributed by atoms with Crippen molar-refractivity contribution in [3.05, 3.63) is 77.7 Å². The summed E-state index contributed by atoms with van der Waals surface area (Å²) in [6.07, 6.45) is 5.74. The van der Waals surface area contributed by atoms with Crippen LogP contribution in [0.25, 0.3) is 22.3 Å². The van der Waals surface area contributed by atoms with Crippen molar-refractivity contribution in [1.29, 1.82) is 0 Å². The van der Waals surface area contributed by atoms with Gasteiger partial charge in [0.15, 0.2) is 0 Å². The molecule has 2 aromatic carbocycles. The molecule has 2 fully saturated rings. The van der Waals surface area contributed by atoms with E-state index < -0.39 is 53.8 Å². The maximum Gasteiger partial charge on any atom is 0.327 e. The number of primary amides is 1. The Kier molecular flexibility index (Phi) is 8.58. The number of halogens is 2. The SMILES string of the molecule is NC(=O)C(F)(F)C(CC(=O)N1CCC(n2cc(-c3cnc4ccccc4n3)cn2)CC1)Cc1ccc2c(c1)CN(C1CCC(=O)NC1=O)C2=O. The monoisotopic (exact) mass is 684 g/mol. The number of carbonyl (C=O) groups is 5. The molecule has 2 saturated heterocycles. The zero-order valence-corrected chi connectivity index (χ0v) is 26.9. The van der Waals surface area contributed by atoms with Crippen LogP contribution >= 0.6 is 0 Å². The lowest BCUT2D eigenvalue weighted by Crippen LogP contribution is -2.52. The topological polar surface area (TPSA) is 173 Å². The standard InChI is InChI=1S/C35H34F2N8O5/c36-35(37,34(38)50)23(14-20-5-6-25-21(13-20)18-44(33(25)49)29-7-8-30(46)42-32(29)48)15-31(47)43-11-9-24(10-12-43)45-19-22(16-40-45)28-17-39-26-3-1-2-4-27(26)41-28/h1-6,13,16-17,19,23-24,29H,7-12,14-15,18H2,(H2,38,50)(H,42,46,48). The molecular formula is C35H34F2N8O5. The largest absolute Gasteiger partial charge is 0.364 e. The third kappa shape index (κ3) is 6.30. The number of fused-ring (bicyclic) bond motifs is 2. The van der Waals surface area contributed by atoms with Gasteiger partial charge in [-0.2, -0.15) is 13.9 Å². The number of piperidine rings is 2. The van der Waals surface area contributed by atoms with E-state index in [2.05, 4.69) is 20.4 Å². The Morgan fingerprint density at radius 1 is 1.02 bits per heavy atom. The van der Waals surface area contributed by atoms with Gasteiger partial charge in [-0.1, -0.05) is 24.3 Å². The molecule has 2 aromatic heterocycles. The number of carbonyl (C=O) groups excluding carboxylic acids is 5. The summed E-state index contributed by atoms with van der Waals surface area (Å²) >= 11 is 0. The maximum absolute atomic E-state index is 15.3. The lowest BCUT2D eigenvalue weighted by molar-refractivity contribution is -0.154. The van der Waals surface area contributed by atoms with Gasteiger partial charge in [-0.05, 0) is 55.0 Å². The highest BCUT2D eigenvalue weighted by molar-refractivity contribution is 6.05. The number of benzene rings is 2. The van der Waals surface area contributed by atoms with Gasteiger partial charge in [-0.3, -0.25) is 39.0 Å². The van der Waals surface area contributed by atoms with Crippen LogP contribution in [0.1, 0.15) is 59.6 Å². The molecule has 0 aliphatic carbocycles. The Labute approximate surface area is 284 Å². The van der Waals surface area contributed by atoms with Crippen LogP contribution in [0.2, 0.25) is 0 Å². The van der Waals surface area contributed by atoms with E-state index in [-0.39, 0.29) is 31.8 Å². The Morgan fingerprint density at radius 3 is 2.52 bits per heavy atom. The number of para-hydroxylation sites is 2. The number of rotatable bonds is 9. The van der Waals surface area contributed by atoms with E-state index in [4.69, 9.17) is 5.73 Å². The first-order valence-electron chi connectivity index (χ1n) is 16.5. The molecule has 5 amide bonds. The Bertz CT molecular complexity index is 2020. The van der Waals surface area contributed by atoms with E-state index in [1.807, 2.05) is 35.1 Å². The van der Waals surface area contributed by atoms with Crippen molar-refractivity contribution in [2.75, 3.05) is 13.1 Å². The molecule has 3 aliphatic rings. The molecule has 5 heterocycles. The first-order valence-corrected chi connectivity index (χ1v) is 16.5.